The lowest BCUT2D eigenvalue weighted by molar-refractivity contribution is -0.139. The van der Waals surface area contributed by atoms with Gasteiger partial charge >= 0.3 is 11.7 Å². The molecule has 2 aromatic heterocycles. The molecule has 1 saturated heterocycles. The van der Waals surface area contributed by atoms with Gasteiger partial charge in [0, 0.05) is 13.1 Å². The zero-order valence-electron chi connectivity index (χ0n) is 20.6. The van der Waals surface area contributed by atoms with E-state index < -0.39 is 0 Å². The smallest absolute Gasteiger partial charge is 0.327 e. The minimum atomic E-state index is -0.216. The summed E-state index contributed by atoms with van der Waals surface area (Å²) in [6.07, 6.45) is 4.92. The largest absolute Gasteiger partial charge is 0.469 e. The molecule has 1 fully saturated rings. The van der Waals surface area contributed by atoms with Crippen LogP contribution in [0.5, 0.6) is 0 Å². The number of esters is 1. The Hall–Kier alpha value is -3.24. The molecule has 0 radical (unpaired) electrons. The van der Waals surface area contributed by atoms with Crippen molar-refractivity contribution in [2.24, 2.45) is 5.92 Å². The summed E-state index contributed by atoms with van der Waals surface area (Å²) in [7, 11) is 3.55. The molecule has 3 heterocycles. The van der Waals surface area contributed by atoms with E-state index in [0.717, 1.165) is 57.5 Å². The number of hydrogen-bond donors (Lipinski definition) is 2. The number of ether oxygens (including phenoxy) is 1. The summed E-state index contributed by atoms with van der Waals surface area (Å²) < 4.78 is 6.46. The number of fused-ring (bicyclic) bond motifs is 1. The summed E-state index contributed by atoms with van der Waals surface area (Å²) in [5.41, 5.74) is 8.99. The Bertz CT molecular complexity index is 1200. The number of imidazole rings is 1. The number of rotatable bonds is 10. The fraction of sp³-hybridized carbons (Fsp3) is 0.520. The fourth-order valence-corrected chi connectivity index (χ4v) is 4.84. The molecule has 10 heteroatoms. The van der Waals surface area contributed by atoms with E-state index in [1.54, 1.807) is 4.57 Å². The predicted octanol–water partition coefficient (Wildman–Crippen LogP) is 1.65. The lowest BCUT2D eigenvalue weighted by Gasteiger charge is -2.32. The molecular formula is C25H35N7O3. The summed E-state index contributed by atoms with van der Waals surface area (Å²) in [6.45, 7) is 5.66. The van der Waals surface area contributed by atoms with Crippen LogP contribution in [0.4, 0.5) is 5.82 Å². The molecule has 0 unspecified atom stereocenters. The predicted molar refractivity (Wildman–Crippen MR) is 135 cm³/mol. The van der Waals surface area contributed by atoms with Crippen LogP contribution in [0, 0.1) is 5.92 Å². The monoisotopic (exact) mass is 481 g/mol. The van der Waals surface area contributed by atoms with E-state index in [9.17, 15) is 9.59 Å². The number of methoxy groups -OCH3 is 1. The Balaban J connectivity index is 1.19. The number of anilines is 1. The minimum absolute atomic E-state index is 0.173. The van der Waals surface area contributed by atoms with Crippen molar-refractivity contribution in [1.82, 2.24) is 29.3 Å². The van der Waals surface area contributed by atoms with Gasteiger partial charge in [-0.1, -0.05) is 24.3 Å². The second-order valence-electron chi connectivity index (χ2n) is 9.45. The van der Waals surface area contributed by atoms with Gasteiger partial charge in [0.1, 0.15) is 11.8 Å². The maximum Gasteiger partial charge on any atom is 0.327 e. The van der Waals surface area contributed by atoms with Crippen LogP contribution < -0.4 is 11.4 Å². The topological polar surface area (TPSA) is 122 Å². The second kappa shape index (κ2) is 11.5. The first-order valence-electron chi connectivity index (χ1n) is 12.2. The molecule has 3 aromatic rings. The van der Waals surface area contributed by atoms with Crippen molar-refractivity contribution in [1.29, 1.82) is 0 Å². The lowest BCUT2D eigenvalue weighted by atomic mass is 9.96. The Morgan fingerprint density at radius 1 is 1.26 bits per heavy atom. The van der Waals surface area contributed by atoms with E-state index >= 15 is 0 Å². The number of H-pyrrole nitrogens is 1. The van der Waals surface area contributed by atoms with Gasteiger partial charge in [-0.3, -0.25) is 9.36 Å². The average molecular weight is 482 g/mol. The van der Waals surface area contributed by atoms with Crippen LogP contribution >= 0.6 is 0 Å². The highest BCUT2D eigenvalue weighted by Crippen LogP contribution is 2.21. The number of aromatic nitrogens is 4. The van der Waals surface area contributed by atoms with Gasteiger partial charge in [-0.2, -0.15) is 0 Å². The van der Waals surface area contributed by atoms with E-state index in [4.69, 9.17) is 10.5 Å². The average Bonchev–Trinajstić information content (AvgIpc) is 3.16. The summed E-state index contributed by atoms with van der Waals surface area (Å²) in [5.74, 6) is 0.532. The van der Waals surface area contributed by atoms with Crippen molar-refractivity contribution in [3.8, 4) is 0 Å². The number of nitrogens with two attached hydrogens (primary N) is 1. The number of nitrogens with one attached hydrogen (secondary N) is 1. The summed E-state index contributed by atoms with van der Waals surface area (Å²) in [6, 6.07) is 8.14. The van der Waals surface area contributed by atoms with Crippen LogP contribution in [0.15, 0.2) is 35.4 Å². The van der Waals surface area contributed by atoms with Crippen molar-refractivity contribution < 1.29 is 9.53 Å². The molecule has 3 N–H and O–H groups in total. The van der Waals surface area contributed by atoms with Crippen LogP contribution in [0.25, 0.3) is 11.2 Å². The Morgan fingerprint density at radius 2 is 2.03 bits per heavy atom. The van der Waals surface area contributed by atoms with Gasteiger partial charge in [0.25, 0.3) is 0 Å². The minimum Gasteiger partial charge on any atom is -0.469 e. The number of piperidine rings is 1. The van der Waals surface area contributed by atoms with Gasteiger partial charge in [-0.05, 0) is 69.5 Å². The highest BCUT2D eigenvalue weighted by atomic mass is 16.5. The molecule has 188 valence electrons. The summed E-state index contributed by atoms with van der Waals surface area (Å²) in [5, 5.41) is 0. The Kier molecular flexibility index (Phi) is 8.14. The molecule has 1 aliphatic rings. The summed E-state index contributed by atoms with van der Waals surface area (Å²) >= 11 is 0. The van der Waals surface area contributed by atoms with Gasteiger partial charge in [-0.15, -0.1) is 0 Å². The quantitative estimate of drug-likeness (QED) is 0.419. The number of benzene rings is 1. The number of hydrogen-bond acceptors (Lipinski definition) is 8. The van der Waals surface area contributed by atoms with Gasteiger partial charge in [0.15, 0.2) is 11.5 Å². The second-order valence-corrected chi connectivity index (χ2v) is 9.45. The van der Waals surface area contributed by atoms with E-state index in [2.05, 4.69) is 43.9 Å². The maximum atomic E-state index is 12.4. The van der Waals surface area contributed by atoms with E-state index in [1.807, 2.05) is 12.1 Å². The molecule has 1 aromatic carbocycles. The molecule has 10 nitrogen and oxygen atoms in total. The van der Waals surface area contributed by atoms with Gasteiger partial charge in [0.05, 0.1) is 13.5 Å². The molecular weight excluding hydrogens is 446 g/mol. The van der Waals surface area contributed by atoms with Gasteiger partial charge < -0.3 is 25.3 Å². The van der Waals surface area contributed by atoms with Gasteiger partial charge in [-0.25, -0.2) is 14.8 Å². The first kappa shape index (κ1) is 24.9. The Labute approximate surface area is 205 Å². The molecule has 35 heavy (non-hydrogen) atoms. The van der Waals surface area contributed by atoms with Gasteiger partial charge in [0.2, 0.25) is 0 Å². The van der Waals surface area contributed by atoms with Crippen LogP contribution in [-0.4, -0.2) is 75.6 Å². The van der Waals surface area contributed by atoms with Crippen LogP contribution in [0.2, 0.25) is 0 Å². The SMILES string of the molecule is COC(=O)Cc1cccc(CN(C)CCCN2CCC(Cn3c(=O)[nH]c4c(N)ncnc43)CC2)c1. The number of nitrogens with zero attached hydrogens (tertiary/aromatic N) is 5. The van der Waals surface area contributed by atoms with Crippen LogP contribution in [0.1, 0.15) is 30.4 Å². The fourth-order valence-electron chi connectivity index (χ4n) is 4.84. The molecule has 0 spiro atoms. The van der Waals surface area contributed by atoms with Crippen molar-refractivity contribution in [3.63, 3.8) is 0 Å². The first-order valence-corrected chi connectivity index (χ1v) is 12.2. The normalized spacial score (nSPS) is 15.2. The highest BCUT2D eigenvalue weighted by Gasteiger charge is 2.22. The Morgan fingerprint density at radius 3 is 2.80 bits per heavy atom. The van der Waals surface area contributed by atoms with Crippen molar-refractivity contribution >= 4 is 23.0 Å². The third-order valence-corrected chi connectivity index (χ3v) is 6.77. The number of carbonyl (C=O) groups excluding carboxylic acids is 1. The number of aromatic amines is 1. The van der Waals surface area contributed by atoms with E-state index in [-0.39, 0.29) is 11.7 Å². The summed E-state index contributed by atoms with van der Waals surface area (Å²) in [4.78, 5) is 39.7. The third kappa shape index (κ3) is 6.46. The van der Waals surface area contributed by atoms with Crippen molar-refractivity contribution in [3.05, 3.63) is 52.2 Å². The molecule has 0 bridgehead atoms. The highest BCUT2D eigenvalue weighted by molar-refractivity contribution is 5.81. The van der Waals surface area contributed by atoms with Crippen LogP contribution in [-0.2, 0) is 29.0 Å². The van der Waals surface area contributed by atoms with Crippen molar-refractivity contribution in [2.45, 2.75) is 38.8 Å². The number of nitrogen functional groups attached to an aromatic ring is 1. The molecule has 0 atom stereocenters. The van der Waals surface area contributed by atoms with Crippen LogP contribution in [0.3, 0.4) is 0 Å². The molecule has 0 saturated carbocycles. The number of carbonyl (C=O) groups is 1. The van der Waals surface area contributed by atoms with E-state index in [1.165, 1.54) is 19.0 Å². The van der Waals surface area contributed by atoms with Crippen molar-refractivity contribution in [2.75, 3.05) is 46.1 Å². The molecule has 0 amide bonds. The molecule has 1 aliphatic heterocycles. The zero-order valence-corrected chi connectivity index (χ0v) is 20.6. The molecule has 4 rings (SSSR count). The first-order chi connectivity index (χ1) is 16.9. The molecule has 0 aliphatic carbocycles. The zero-order chi connectivity index (χ0) is 24.8. The lowest BCUT2D eigenvalue weighted by Crippen LogP contribution is -2.37. The maximum absolute atomic E-state index is 12.4. The number of likely N-dealkylation sites (tertiary alicyclic amines) is 1. The standard InChI is InChI=1S/C25H35N7O3/c1-30(15-20-6-3-5-19(13-20)14-21(33)35-2)9-4-10-31-11-7-18(8-12-31)16-32-24-22(29-25(32)34)23(26)27-17-28-24/h3,5-6,13,17-18H,4,7-12,14-16H2,1-2H3,(H,29,34)(H2,26,27,28). The van der Waals surface area contributed by atoms with E-state index in [0.29, 0.717) is 35.9 Å². The third-order valence-electron chi connectivity index (χ3n) is 6.77.